The highest BCUT2D eigenvalue weighted by Gasteiger charge is 2.34. The van der Waals surface area contributed by atoms with E-state index < -0.39 is 34.7 Å². The summed E-state index contributed by atoms with van der Waals surface area (Å²) in [6.07, 6.45) is -3.67. The van der Waals surface area contributed by atoms with Gasteiger partial charge in [-0.3, -0.25) is 9.59 Å². The highest BCUT2D eigenvalue weighted by molar-refractivity contribution is 6.10. The van der Waals surface area contributed by atoms with Gasteiger partial charge in [-0.05, 0) is 12.1 Å². The molecule has 0 atom stereocenters. The fraction of sp³-hybridized carbons (Fsp3) is 0.250. The van der Waals surface area contributed by atoms with Gasteiger partial charge in [-0.25, -0.2) is 4.68 Å². The van der Waals surface area contributed by atoms with Gasteiger partial charge in [0.25, 0.3) is 5.56 Å². The predicted molar refractivity (Wildman–Crippen MR) is 65.0 cm³/mol. The van der Waals surface area contributed by atoms with E-state index in [4.69, 9.17) is 0 Å². The monoisotopic (exact) mass is 301 g/mol. The highest BCUT2D eigenvalue weighted by atomic mass is 19.4. The molecule has 0 aliphatic heterocycles. The number of hydrogen-bond donors (Lipinski definition) is 1. The van der Waals surface area contributed by atoms with Gasteiger partial charge in [0.05, 0.1) is 11.8 Å². The van der Waals surface area contributed by atoms with Crippen molar-refractivity contribution in [3.05, 3.63) is 45.5 Å². The molecule has 0 unspecified atom stereocenters. The molecular weight excluding hydrogens is 291 g/mol. The van der Waals surface area contributed by atoms with Crippen LogP contribution in [0.1, 0.15) is 21.6 Å². The Morgan fingerprint density at radius 2 is 1.86 bits per heavy atom. The van der Waals surface area contributed by atoms with Crippen LogP contribution in [0.4, 0.5) is 13.2 Å². The van der Waals surface area contributed by atoms with E-state index in [0.717, 1.165) is 24.0 Å². The first kappa shape index (κ1) is 14.8. The van der Waals surface area contributed by atoms with Crippen molar-refractivity contribution in [3.63, 3.8) is 0 Å². The summed E-state index contributed by atoms with van der Waals surface area (Å²) < 4.78 is 39.3. The second-order valence-corrected chi connectivity index (χ2v) is 4.33. The fourth-order valence-corrected chi connectivity index (χ4v) is 1.83. The van der Waals surface area contributed by atoms with Crippen molar-refractivity contribution in [1.82, 2.24) is 14.3 Å². The molecule has 0 aromatic carbocycles. The minimum Gasteiger partial charge on any atom is -0.493 e. The number of alkyl halides is 3. The summed E-state index contributed by atoms with van der Waals surface area (Å²) in [7, 11) is 2.29. The summed E-state index contributed by atoms with van der Waals surface area (Å²) >= 11 is 0. The number of aromatic hydroxyl groups is 1. The van der Waals surface area contributed by atoms with E-state index in [1.54, 1.807) is 0 Å². The molecule has 0 bridgehead atoms. The van der Waals surface area contributed by atoms with Gasteiger partial charge < -0.3 is 9.67 Å². The minimum absolute atomic E-state index is 0.255. The molecule has 0 amide bonds. The maximum absolute atomic E-state index is 12.7. The van der Waals surface area contributed by atoms with Gasteiger partial charge >= 0.3 is 6.18 Å². The molecule has 9 heteroatoms. The second-order valence-electron chi connectivity index (χ2n) is 4.33. The smallest absolute Gasteiger partial charge is 0.431 e. The summed E-state index contributed by atoms with van der Waals surface area (Å²) in [4.78, 5) is 24.0. The number of carbonyl (C=O) groups excluding carboxylic acids is 1. The summed E-state index contributed by atoms with van der Waals surface area (Å²) in [6.45, 7) is 0. The Labute approximate surface area is 116 Å². The lowest BCUT2D eigenvalue weighted by molar-refractivity contribution is -0.143. The molecule has 1 N–H and O–H groups in total. The van der Waals surface area contributed by atoms with Crippen LogP contribution >= 0.6 is 0 Å². The Morgan fingerprint density at radius 1 is 1.24 bits per heavy atom. The van der Waals surface area contributed by atoms with Crippen LogP contribution in [0.3, 0.4) is 0 Å². The number of nitrogens with zero attached hydrogens (tertiary/aromatic N) is 3. The van der Waals surface area contributed by atoms with Crippen LogP contribution in [0.15, 0.2) is 23.1 Å². The van der Waals surface area contributed by atoms with Crippen LogP contribution in [0.25, 0.3) is 0 Å². The van der Waals surface area contributed by atoms with Gasteiger partial charge in [-0.2, -0.15) is 18.3 Å². The fourth-order valence-electron chi connectivity index (χ4n) is 1.83. The standard InChI is InChI=1S/C12H10F3N3O3/c1-17-8(12(13,14)15)4-3-6(10(17)20)9(19)7-5-16-18(2)11(7)21/h3-5,21H,1-2H3. The van der Waals surface area contributed by atoms with Crippen LogP contribution < -0.4 is 5.56 Å². The first-order valence-corrected chi connectivity index (χ1v) is 5.67. The van der Waals surface area contributed by atoms with Crippen LogP contribution in [0, 0.1) is 0 Å². The van der Waals surface area contributed by atoms with E-state index in [-0.39, 0.29) is 5.56 Å². The molecule has 2 rings (SSSR count). The van der Waals surface area contributed by atoms with Gasteiger partial charge in [0.15, 0.2) is 0 Å². The number of hydrogen-bond acceptors (Lipinski definition) is 4. The maximum atomic E-state index is 12.7. The van der Waals surface area contributed by atoms with E-state index in [1.165, 1.54) is 7.05 Å². The molecule has 0 aliphatic carbocycles. The summed E-state index contributed by atoms with van der Waals surface area (Å²) in [5.74, 6) is -1.36. The normalized spacial score (nSPS) is 11.7. The number of halogens is 3. The number of aryl methyl sites for hydroxylation is 1. The molecule has 0 aliphatic rings. The molecule has 21 heavy (non-hydrogen) atoms. The van der Waals surface area contributed by atoms with Gasteiger partial charge in [0.1, 0.15) is 11.3 Å². The molecule has 0 saturated heterocycles. The zero-order valence-electron chi connectivity index (χ0n) is 11.0. The topological polar surface area (TPSA) is 77.1 Å². The molecule has 112 valence electrons. The molecule has 0 spiro atoms. The summed E-state index contributed by atoms with van der Waals surface area (Å²) in [5.41, 5.74) is -3.00. The third-order valence-electron chi connectivity index (χ3n) is 2.99. The Morgan fingerprint density at radius 3 is 2.33 bits per heavy atom. The van der Waals surface area contributed by atoms with E-state index in [1.807, 2.05) is 0 Å². The van der Waals surface area contributed by atoms with Crippen molar-refractivity contribution in [2.45, 2.75) is 6.18 Å². The van der Waals surface area contributed by atoms with Gasteiger partial charge in [0.2, 0.25) is 11.7 Å². The number of rotatable bonds is 2. The lowest BCUT2D eigenvalue weighted by atomic mass is 10.1. The summed E-state index contributed by atoms with van der Waals surface area (Å²) in [5, 5.41) is 13.2. The van der Waals surface area contributed by atoms with E-state index in [9.17, 15) is 27.9 Å². The zero-order valence-corrected chi connectivity index (χ0v) is 11.0. The second kappa shape index (κ2) is 4.76. The Kier molecular flexibility index (Phi) is 3.36. The third-order valence-corrected chi connectivity index (χ3v) is 2.99. The van der Waals surface area contributed by atoms with Crippen molar-refractivity contribution < 1.29 is 23.1 Å². The highest BCUT2D eigenvalue weighted by Crippen LogP contribution is 2.28. The zero-order chi connectivity index (χ0) is 15.9. The molecule has 6 nitrogen and oxygen atoms in total. The number of ketones is 1. The molecule has 2 aromatic rings. The van der Waals surface area contributed by atoms with Crippen molar-refractivity contribution >= 4 is 5.78 Å². The molecule has 0 fully saturated rings. The molecule has 2 heterocycles. The van der Waals surface area contributed by atoms with E-state index >= 15 is 0 Å². The SMILES string of the molecule is Cn1ncc(C(=O)c2ccc(C(F)(F)F)n(C)c2=O)c1O. The lowest BCUT2D eigenvalue weighted by Crippen LogP contribution is -2.30. The molecule has 2 aromatic heterocycles. The van der Waals surface area contributed by atoms with Crippen molar-refractivity contribution in [1.29, 1.82) is 0 Å². The van der Waals surface area contributed by atoms with Crippen LogP contribution in [-0.4, -0.2) is 25.2 Å². The number of aromatic nitrogens is 3. The van der Waals surface area contributed by atoms with E-state index in [2.05, 4.69) is 5.10 Å². The van der Waals surface area contributed by atoms with Gasteiger partial charge in [-0.15, -0.1) is 0 Å². The van der Waals surface area contributed by atoms with Crippen molar-refractivity contribution in [2.75, 3.05) is 0 Å². The molecule has 0 saturated carbocycles. The Balaban J connectivity index is 2.57. The van der Waals surface area contributed by atoms with Crippen LogP contribution in [-0.2, 0) is 20.3 Å². The quantitative estimate of drug-likeness (QED) is 0.842. The van der Waals surface area contributed by atoms with Gasteiger partial charge in [-0.1, -0.05) is 0 Å². The average Bonchev–Trinajstić information content (AvgIpc) is 2.71. The third kappa shape index (κ3) is 2.41. The summed E-state index contributed by atoms with van der Waals surface area (Å²) in [6, 6.07) is 1.43. The predicted octanol–water partition coefficient (Wildman–Crippen LogP) is 1.07. The molecular formula is C12H10F3N3O3. The van der Waals surface area contributed by atoms with Crippen molar-refractivity contribution in [3.8, 4) is 5.88 Å². The van der Waals surface area contributed by atoms with Crippen LogP contribution in [0.2, 0.25) is 0 Å². The van der Waals surface area contributed by atoms with E-state index in [0.29, 0.717) is 10.6 Å². The number of pyridine rings is 1. The average molecular weight is 301 g/mol. The first-order chi connectivity index (χ1) is 9.64. The van der Waals surface area contributed by atoms with Crippen molar-refractivity contribution in [2.24, 2.45) is 14.1 Å². The Hall–Kier alpha value is -2.58. The van der Waals surface area contributed by atoms with Gasteiger partial charge in [0, 0.05) is 14.1 Å². The Bertz CT molecular complexity index is 774. The minimum atomic E-state index is -4.70. The molecule has 0 radical (unpaired) electrons. The van der Waals surface area contributed by atoms with Crippen LogP contribution in [0.5, 0.6) is 5.88 Å². The largest absolute Gasteiger partial charge is 0.493 e. The number of carbonyl (C=O) groups is 1. The maximum Gasteiger partial charge on any atom is 0.431 e. The first-order valence-electron chi connectivity index (χ1n) is 5.67. The lowest BCUT2D eigenvalue weighted by Gasteiger charge is -2.12.